The number of hydrogen-bond donors (Lipinski definition) is 2. The van der Waals surface area contributed by atoms with Crippen LogP contribution in [0.4, 0.5) is 10.8 Å². The molecule has 0 unspecified atom stereocenters. The Kier molecular flexibility index (Phi) is 5.66. The molecule has 0 radical (unpaired) electrons. The quantitative estimate of drug-likeness (QED) is 0.832. The van der Waals surface area contributed by atoms with Crippen molar-refractivity contribution in [3.63, 3.8) is 0 Å². The molecule has 0 aliphatic carbocycles. The summed E-state index contributed by atoms with van der Waals surface area (Å²) < 4.78 is 0. The highest BCUT2D eigenvalue weighted by atomic mass is 32.1. The van der Waals surface area contributed by atoms with E-state index < -0.39 is 0 Å². The predicted molar refractivity (Wildman–Crippen MR) is 96.5 cm³/mol. The molecule has 0 bridgehead atoms. The maximum Gasteiger partial charge on any atom is 0.257 e. The first kappa shape index (κ1) is 18.1. The molecule has 0 saturated carbocycles. The van der Waals surface area contributed by atoms with Crippen molar-refractivity contribution in [1.29, 1.82) is 0 Å². The zero-order valence-corrected chi connectivity index (χ0v) is 15.2. The summed E-state index contributed by atoms with van der Waals surface area (Å²) in [5.74, 6) is -0.372. The average Bonchev–Trinajstić information content (AvgIpc) is 3.04. The predicted octanol–water partition coefficient (Wildman–Crippen LogP) is 3.83. The smallest absolute Gasteiger partial charge is 0.257 e. The van der Waals surface area contributed by atoms with Gasteiger partial charge in [0.1, 0.15) is 5.01 Å². The number of hydrogen-bond acceptors (Lipinski definition) is 5. The van der Waals surface area contributed by atoms with Gasteiger partial charge < -0.3 is 5.32 Å². The second-order valence-corrected chi connectivity index (χ2v) is 7.06. The molecule has 7 heteroatoms. The Morgan fingerprint density at radius 1 is 1.17 bits per heavy atom. The van der Waals surface area contributed by atoms with Gasteiger partial charge in [-0.2, -0.15) is 0 Å². The maximum absolute atomic E-state index is 12.4. The normalized spacial score (nSPS) is 11.2. The number of amides is 2. The number of nitrogens with one attached hydrogen (secondary N) is 2. The van der Waals surface area contributed by atoms with Crippen LogP contribution in [0.2, 0.25) is 0 Å². The van der Waals surface area contributed by atoms with E-state index in [1.54, 1.807) is 31.2 Å². The van der Waals surface area contributed by atoms with E-state index >= 15 is 0 Å². The largest absolute Gasteiger partial charge is 0.326 e. The van der Waals surface area contributed by atoms with Gasteiger partial charge in [0.15, 0.2) is 0 Å². The lowest BCUT2D eigenvalue weighted by Gasteiger charge is -2.17. The third-order valence-corrected chi connectivity index (χ3v) is 5.04. The highest BCUT2D eigenvalue weighted by Crippen LogP contribution is 2.31. The Balaban J connectivity index is 2.10. The second-order valence-electron chi connectivity index (χ2n) is 6.09. The topological polar surface area (TPSA) is 84.0 Å². The Morgan fingerprint density at radius 3 is 2.58 bits per heavy atom. The molecular weight excluding hydrogens is 324 g/mol. The molecule has 2 N–H and O–H groups in total. The molecule has 1 aromatic heterocycles. The molecule has 6 nitrogen and oxygen atoms in total. The first-order chi connectivity index (χ1) is 11.4. The summed E-state index contributed by atoms with van der Waals surface area (Å²) in [5, 5.41) is 15.1. The van der Waals surface area contributed by atoms with Gasteiger partial charge in [0.2, 0.25) is 11.0 Å². The van der Waals surface area contributed by atoms with Gasteiger partial charge in [-0.3, -0.25) is 14.9 Å². The van der Waals surface area contributed by atoms with Gasteiger partial charge in [-0.15, -0.1) is 10.2 Å². The number of carbonyl (C=O) groups is 2. The Morgan fingerprint density at radius 2 is 1.92 bits per heavy atom. The minimum Gasteiger partial charge on any atom is -0.326 e. The second kappa shape index (κ2) is 7.53. The molecule has 2 aromatic rings. The van der Waals surface area contributed by atoms with E-state index in [4.69, 9.17) is 0 Å². The molecule has 0 saturated heterocycles. The van der Waals surface area contributed by atoms with E-state index in [0.717, 1.165) is 11.4 Å². The molecule has 0 atom stereocenters. The minimum atomic E-state index is -0.278. The van der Waals surface area contributed by atoms with Crippen molar-refractivity contribution in [1.82, 2.24) is 10.2 Å². The summed E-state index contributed by atoms with van der Waals surface area (Å²) in [7, 11) is 0. The van der Waals surface area contributed by atoms with Crippen molar-refractivity contribution in [2.75, 3.05) is 10.6 Å². The van der Waals surface area contributed by atoms with Crippen LogP contribution in [-0.4, -0.2) is 22.0 Å². The molecule has 24 heavy (non-hydrogen) atoms. The summed E-state index contributed by atoms with van der Waals surface area (Å²) in [6, 6.07) is 6.80. The SMILES string of the molecule is CCC(=O)Nc1cccc(C(=O)Nc2nnc(C(C)(C)CC)s2)c1. The molecule has 1 heterocycles. The number of aromatic nitrogens is 2. The monoisotopic (exact) mass is 346 g/mol. The van der Waals surface area contributed by atoms with Crippen LogP contribution in [0, 0.1) is 0 Å². The van der Waals surface area contributed by atoms with Crippen LogP contribution in [0.1, 0.15) is 55.9 Å². The van der Waals surface area contributed by atoms with Crippen LogP contribution in [-0.2, 0) is 10.2 Å². The van der Waals surface area contributed by atoms with E-state index in [0.29, 0.717) is 22.8 Å². The van der Waals surface area contributed by atoms with Crippen molar-refractivity contribution in [2.24, 2.45) is 0 Å². The Labute approximate surface area is 145 Å². The molecule has 2 amide bonds. The van der Waals surface area contributed by atoms with Crippen molar-refractivity contribution >= 4 is 34.0 Å². The summed E-state index contributed by atoms with van der Waals surface area (Å²) in [5.41, 5.74) is 0.986. The molecule has 2 rings (SSSR count). The number of anilines is 2. The molecule has 0 fully saturated rings. The van der Waals surface area contributed by atoms with Gasteiger partial charge in [0.05, 0.1) is 0 Å². The fourth-order valence-electron chi connectivity index (χ4n) is 1.86. The van der Waals surface area contributed by atoms with Crippen LogP contribution in [0.15, 0.2) is 24.3 Å². The van der Waals surface area contributed by atoms with E-state index in [9.17, 15) is 9.59 Å². The standard InChI is InChI=1S/C17H22N4O2S/c1-5-13(22)18-12-9-7-8-11(10-12)14(23)19-16-21-20-15(24-16)17(3,4)6-2/h7-10H,5-6H2,1-4H3,(H,18,22)(H,19,21,23). The summed E-state index contributed by atoms with van der Waals surface area (Å²) >= 11 is 1.38. The third-order valence-electron chi connectivity index (χ3n) is 3.84. The van der Waals surface area contributed by atoms with Crippen molar-refractivity contribution in [2.45, 2.75) is 46.0 Å². The lowest BCUT2D eigenvalue weighted by Crippen LogP contribution is -2.14. The number of carbonyl (C=O) groups excluding carboxylic acids is 2. The third kappa shape index (κ3) is 4.38. The van der Waals surface area contributed by atoms with E-state index in [-0.39, 0.29) is 17.2 Å². The van der Waals surface area contributed by atoms with Gasteiger partial charge in [-0.05, 0) is 24.6 Å². The van der Waals surface area contributed by atoms with Gasteiger partial charge in [-0.25, -0.2) is 0 Å². The van der Waals surface area contributed by atoms with Crippen LogP contribution < -0.4 is 10.6 Å². The zero-order valence-electron chi connectivity index (χ0n) is 14.3. The summed E-state index contributed by atoms with van der Waals surface area (Å²) in [6.07, 6.45) is 1.33. The highest BCUT2D eigenvalue weighted by Gasteiger charge is 2.23. The number of benzene rings is 1. The lowest BCUT2D eigenvalue weighted by atomic mass is 9.91. The first-order valence-electron chi connectivity index (χ1n) is 7.91. The summed E-state index contributed by atoms with van der Waals surface area (Å²) in [6.45, 7) is 8.06. The first-order valence-corrected chi connectivity index (χ1v) is 8.72. The van der Waals surface area contributed by atoms with Crippen molar-refractivity contribution in [3.05, 3.63) is 34.8 Å². The van der Waals surface area contributed by atoms with Gasteiger partial charge in [-0.1, -0.05) is 45.1 Å². The van der Waals surface area contributed by atoms with Crippen molar-refractivity contribution in [3.8, 4) is 0 Å². The highest BCUT2D eigenvalue weighted by molar-refractivity contribution is 7.15. The lowest BCUT2D eigenvalue weighted by molar-refractivity contribution is -0.115. The fourth-order valence-corrected chi connectivity index (χ4v) is 2.77. The summed E-state index contributed by atoms with van der Waals surface area (Å²) in [4.78, 5) is 23.8. The van der Waals surface area contributed by atoms with Gasteiger partial charge in [0.25, 0.3) is 5.91 Å². The minimum absolute atomic E-state index is 0.0645. The van der Waals surface area contributed by atoms with E-state index in [1.165, 1.54) is 11.3 Å². The fraction of sp³-hybridized carbons (Fsp3) is 0.412. The van der Waals surface area contributed by atoms with Crippen LogP contribution in [0.25, 0.3) is 0 Å². The molecule has 1 aromatic carbocycles. The van der Waals surface area contributed by atoms with E-state index in [1.807, 2.05) is 0 Å². The number of rotatable bonds is 6. The molecule has 0 spiro atoms. The van der Waals surface area contributed by atoms with Gasteiger partial charge in [0, 0.05) is 23.1 Å². The Bertz CT molecular complexity index is 740. The molecule has 0 aliphatic heterocycles. The number of nitrogens with zero attached hydrogens (tertiary/aromatic N) is 2. The van der Waals surface area contributed by atoms with Crippen LogP contribution in [0.5, 0.6) is 0 Å². The van der Waals surface area contributed by atoms with Crippen LogP contribution in [0.3, 0.4) is 0 Å². The molecule has 0 aliphatic rings. The Hall–Kier alpha value is -2.28. The van der Waals surface area contributed by atoms with Crippen molar-refractivity contribution < 1.29 is 9.59 Å². The average molecular weight is 346 g/mol. The van der Waals surface area contributed by atoms with E-state index in [2.05, 4.69) is 41.6 Å². The molecule has 128 valence electrons. The molecular formula is C17H22N4O2S. The van der Waals surface area contributed by atoms with Crippen LogP contribution >= 0.6 is 11.3 Å². The zero-order chi connectivity index (χ0) is 17.7. The maximum atomic E-state index is 12.4. The van der Waals surface area contributed by atoms with Gasteiger partial charge >= 0.3 is 0 Å².